The summed E-state index contributed by atoms with van der Waals surface area (Å²) < 4.78 is 2.54. The van der Waals surface area contributed by atoms with E-state index in [1.807, 2.05) is 0 Å². The summed E-state index contributed by atoms with van der Waals surface area (Å²) in [4.78, 5) is 0. The zero-order chi connectivity index (χ0) is 21.1. The fourth-order valence-electron chi connectivity index (χ4n) is 6.10. The van der Waals surface area contributed by atoms with Crippen molar-refractivity contribution in [3.63, 3.8) is 0 Å². The first-order valence-corrected chi connectivity index (χ1v) is 11.5. The maximum Gasteiger partial charge on any atom is 0.0627 e. The Labute approximate surface area is 185 Å². The second-order valence-electron chi connectivity index (χ2n) is 9.60. The number of fused-ring (bicyclic) bond motifs is 5. The van der Waals surface area contributed by atoms with Crippen LogP contribution in [0.1, 0.15) is 25.3 Å². The van der Waals surface area contributed by atoms with E-state index in [-0.39, 0.29) is 0 Å². The smallest absolute Gasteiger partial charge is 0.0627 e. The molecule has 0 saturated heterocycles. The lowest BCUT2D eigenvalue weighted by Gasteiger charge is -2.08. The van der Waals surface area contributed by atoms with E-state index < -0.39 is 0 Å². The highest BCUT2D eigenvalue weighted by Crippen LogP contribution is 2.49. The summed E-state index contributed by atoms with van der Waals surface area (Å²) in [6.07, 6.45) is 0. The summed E-state index contributed by atoms with van der Waals surface area (Å²) in [5, 5.41) is 10.9. The van der Waals surface area contributed by atoms with E-state index in [9.17, 15) is 0 Å². The van der Waals surface area contributed by atoms with Crippen molar-refractivity contribution in [3.05, 3.63) is 90.5 Å². The molecule has 8 aromatic rings. The Balaban J connectivity index is 1.61. The molecule has 5 aromatic carbocycles. The summed E-state index contributed by atoms with van der Waals surface area (Å²) >= 11 is 0. The molecule has 1 heteroatoms. The number of hydrogen-bond donors (Lipinski definition) is 0. The molecule has 0 spiro atoms. The first-order chi connectivity index (χ1) is 15.7. The molecule has 0 aliphatic rings. The van der Waals surface area contributed by atoms with Crippen LogP contribution in [0.5, 0.6) is 0 Å². The molecule has 0 fully saturated rings. The first kappa shape index (κ1) is 16.8. The van der Waals surface area contributed by atoms with Crippen LogP contribution in [0.25, 0.3) is 70.8 Å². The van der Waals surface area contributed by atoms with Gasteiger partial charge in [0.2, 0.25) is 0 Å². The van der Waals surface area contributed by atoms with E-state index in [0.717, 1.165) is 0 Å². The Bertz CT molecular complexity index is 1930. The van der Waals surface area contributed by atoms with Gasteiger partial charge in [-0.05, 0) is 51.6 Å². The summed E-state index contributed by atoms with van der Waals surface area (Å²) in [6.45, 7) is 4.51. The lowest BCUT2D eigenvalue weighted by molar-refractivity contribution is 0.867. The summed E-state index contributed by atoms with van der Waals surface area (Å²) in [6, 6.07) is 32.0. The van der Waals surface area contributed by atoms with Crippen molar-refractivity contribution in [2.24, 2.45) is 0 Å². The molecule has 8 rings (SSSR count). The fraction of sp³-hybridized carbons (Fsp3) is 0.0968. The molecule has 0 unspecified atom stereocenters. The van der Waals surface area contributed by atoms with Gasteiger partial charge in [-0.2, -0.15) is 0 Å². The van der Waals surface area contributed by atoms with Gasteiger partial charge in [-0.1, -0.05) is 80.6 Å². The van der Waals surface area contributed by atoms with Crippen LogP contribution in [0.3, 0.4) is 0 Å². The van der Waals surface area contributed by atoms with Gasteiger partial charge in [-0.3, -0.25) is 0 Å². The minimum absolute atomic E-state index is 0.548. The Kier molecular flexibility index (Phi) is 2.89. The van der Waals surface area contributed by atoms with Crippen LogP contribution >= 0.6 is 0 Å². The zero-order valence-corrected chi connectivity index (χ0v) is 18.1. The third-order valence-corrected chi connectivity index (χ3v) is 7.60. The zero-order valence-electron chi connectivity index (χ0n) is 18.1. The highest BCUT2D eigenvalue weighted by atomic mass is 14.9. The van der Waals surface area contributed by atoms with Gasteiger partial charge in [0.25, 0.3) is 0 Å². The maximum absolute atomic E-state index is 2.54. The third-order valence-electron chi connectivity index (χ3n) is 7.60. The Morgan fingerprint density at radius 2 is 1.19 bits per heavy atom. The van der Waals surface area contributed by atoms with Gasteiger partial charge >= 0.3 is 0 Å². The lowest BCUT2D eigenvalue weighted by atomic mass is 9.95. The third kappa shape index (κ3) is 1.83. The van der Waals surface area contributed by atoms with Crippen molar-refractivity contribution in [1.82, 2.24) is 4.40 Å². The van der Waals surface area contributed by atoms with E-state index in [2.05, 4.69) is 103 Å². The SMILES string of the molecule is CC(C)c1ccc(-c2cc3c4cccc5c6cc7ccccc7c7c(c2)c3n(c45)c67)cc1. The number of para-hydroxylation sites is 1. The average Bonchev–Trinajstić information content (AvgIpc) is 3.46. The van der Waals surface area contributed by atoms with Crippen LogP contribution in [0.4, 0.5) is 0 Å². The predicted octanol–water partition coefficient (Wildman–Crippen LogP) is 8.81. The van der Waals surface area contributed by atoms with E-state index in [1.54, 1.807) is 0 Å². The molecule has 0 saturated carbocycles. The van der Waals surface area contributed by atoms with Crippen molar-refractivity contribution < 1.29 is 0 Å². The van der Waals surface area contributed by atoms with Gasteiger partial charge in [0.1, 0.15) is 0 Å². The quantitative estimate of drug-likeness (QED) is 0.270. The molecule has 3 heterocycles. The molecule has 1 nitrogen and oxygen atoms in total. The summed E-state index contributed by atoms with van der Waals surface area (Å²) in [5.41, 5.74) is 8.11. The molecule has 0 aliphatic carbocycles. The van der Waals surface area contributed by atoms with Gasteiger partial charge < -0.3 is 4.40 Å². The van der Waals surface area contributed by atoms with Crippen LogP contribution in [-0.4, -0.2) is 4.40 Å². The fourth-order valence-corrected chi connectivity index (χ4v) is 6.10. The van der Waals surface area contributed by atoms with Crippen LogP contribution in [0.15, 0.2) is 84.9 Å². The second-order valence-corrected chi connectivity index (χ2v) is 9.60. The van der Waals surface area contributed by atoms with Crippen LogP contribution in [-0.2, 0) is 0 Å². The number of nitrogens with zero attached hydrogens (tertiary/aromatic N) is 1. The van der Waals surface area contributed by atoms with Crippen molar-refractivity contribution in [1.29, 1.82) is 0 Å². The molecule has 150 valence electrons. The topological polar surface area (TPSA) is 4.41 Å². The molecule has 0 aliphatic heterocycles. The Hall–Kier alpha value is -3.84. The molecular weight excluding hydrogens is 386 g/mol. The minimum atomic E-state index is 0.548. The molecule has 0 bridgehead atoms. The molecule has 3 aromatic heterocycles. The van der Waals surface area contributed by atoms with Gasteiger partial charge in [-0.15, -0.1) is 0 Å². The normalized spacial score (nSPS) is 13.0. The number of hydrogen-bond acceptors (Lipinski definition) is 0. The van der Waals surface area contributed by atoms with Crippen molar-refractivity contribution in [2.45, 2.75) is 19.8 Å². The Morgan fingerprint density at radius 1 is 0.531 bits per heavy atom. The molecule has 0 amide bonds. The average molecular weight is 408 g/mol. The monoisotopic (exact) mass is 407 g/mol. The molecule has 32 heavy (non-hydrogen) atoms. The molecule has 0 radical (unpaired) electrons. The van der Waals surface area contributed by atoms with Gasteiger partial charge in [-0.25, -0.2) is 0 Å². The minimum Gasteiger partial charge on any atom is -0.307 e. The Morgan fingerprint density at radius 3 is 1.97 bits per heavy atom. The van der Waals surface area contributed by atoms with E-state index in [4.69, 9.17) is 0 Å². The van der Waals surface area contributed by atoms with Crippen LogP contribution in [0, 0.1) is 0 Å². The van der Waals surface area contributed by atoms with Gasteiger partial charge in [0, 0.05) is 32.3 Å². The maximum atomic E-state index is 2.54. The van der Waals surface area contributed by atoms with Crippen molar-refractivity contribution >= 4 is 59.6 Å². The summed E-state index contributed by atoms with van der Waals surface area (Å²) in [7, 11) is 0. The van der Waals surface area contributed by atoms with Crippen LogP contribution < -0.4 is 0 Å². The van der Waals surface area contributed by atoms with Gasteiger partial charge in [0.15, 0.2) is 0 Å². The molecule has 0 N–H and O–H groups in total. The lowest BCUT2D eigenvalue weighted by Crippen LogP contribution is -1.87. The standard InChI is InChI=1S/C31H21N/c1-17(2)18-10-12-19(13-11-18)21-15-25-23-8-5-9-24-26-14-20-6-3-4-7-22(20)28-27(16-21)30(25)32(29(23)24)31(26)28/h3-17H,1-2H3. The van der Waals surface area contributed by atoms with E-state index >= 15 is 0 Å². The highest BCUT2D eigenvalue weighted by Gasteiger charge is 2.25. The van der Waals surface area contributed by atoms with E-state index in [0.29, 0.717) is 5.92 Å². The number of rotatable bonds is 2. The molecule has 0 atom stereocenters. The second kappa shape index (κ2) is 5.49. The van der Waals surface area contributed by atoms with E-state index in [1.165, 1.54) is 76.3 Å². The largest absolute Gasteiger partial charge is 0.307 e. The highest BCUT2D eigenvalue weighted by molar-refractivity contribution is 6.38. The van der Waals surface area contributed by atoms with Crippen molar-refractivity contribution in [2.75, 3.05) is 0 Å². The summed E-state index contributed by atoms with van der Waals surface area (Å²) in [5.74, 6) is 0.548. The number of aromatic nitrogens is 1. The van der Waals surface area contributed by atoms with Gasteiger partial charge in [0.05, 0.1) is 16.6 Å². The first-order valence-electron chi connectivity index (χ1n) is 11.5. The molecular formula is C31H21N. The van der Waals surface area contributed by atoms with Crippen molar-refractivity contribution in [3.8, 4) is 11.1 Å². The predicted molar refractivity (Wildman–Crippen MR) is 138 cm³/mol. The van der Waals surface area contributed by atoms with Crippen LogP contribution in [0.2, 0.25) is 0 Å². The number of benzene rings is 5.